The van der Waals surface area contributed by atoms with Gasteiger partial charge in [0, 0.05) is 6.92 Å². The third-order valence-corrected chi connectivity index (χ3v) is 5.21. The third-order valence-electron chi connectivity index (χ3n) is 5.21. The highest BCUT2D eigenvalue weighted by atomic mass is 16.5. The van der Waals surface area contributed by atoms with Crippen molar-refractivity contribution in [2.24, 2.45) is 5.92 Å². The van der Waals surface area contributed by atoms with Crippen LogP contribution in [0.1, 0.15) is 43.2 Å². The summed E-state index contributed by atoms with van der Waals surface area (Å²) >= 11 is 0. The summed E-state index contributed by atoms with van der Waals surface area (Å²) < 4.78 is 10.7. The van der Waals surface area contributed by atoms with Gasteiger partial charge in [-0.3, -0.25) is 4.90 Å². The molecule has 1 aromatic carbocycles. The molecule has 0 aliphatic carbocycles. The van der Waals surface area contributed by atoms with Crippen molar-refractivity contribution < 1.29 is 8.94 Å². The molecule has 0 radical (unpaired) electrons. The highest BCUT2D eigenvalue weighted by Gasteiger charge is 2.27. The molecule has 3 aromatic rings. The first-order valence-corrected chi connectivity index (χ1v) is 9.23. The summed E-state index contributed by atoms with van der Waals surface area (Å²) in [7, 11) is 0. The Morgan fingerprint density at radius 3 is 2.62 bits per heavy atom. The minimum atomic E-state index is 0.113. The first kappa shape index (κ1) is 17.0. The standard InChI is InChI=1S/C20H24N4O2/c1-14(20-22-19(23-26-20)18-13-25-15(2)21-18)24-10-8-17(9-11-24)12-16-6-4-3-5-7-16/h3-7,13-14,17H,8-12H2,1-2H3. The van der Waals surface area contributed by atoms with E-state index in [4.69, 9.17) is 8.94 Å². The van der Waals surface area contributed by atoms with Crippen molar-refractivity contribution in [2.75, 3.05) is 13.1 Å². The molecule has 1 unspecified atom stereocenters. The molecular weight excluding hydrogens is 328 g/mol. The minimum absolute atomic E-state index is 0.113. The van der Waals surface area contributed by atoms with E-state index in [1.54, 1.807) is 13.2 Å². The summed E-state index contributed by atoms with van der Waals surface area (Å²) in [5.41, 5.74) is 2.05. The molecule has 3 heterocycles. The van der Waals surface area contributed by atoms with Crippen LogP contribution in [0.2, 0.25) is 0 Å². The quantitative estimate of drug-likeness (QED) is 0.690. The Balaban J connectivity index is 1.35. The van der Waals surface area contributed by atoms with Gasteiger partial charge in [0.15, 0.2) is 5.89 Å². The van der Waals surface area contributed by atoms with Crippen LogP contribution in [0.3, 0.4) is 0 Å². The normalized spacial score (nSPS) is 17.5. The van der Waals surface area contributed by atoms with Crippen molar-refractivity contribution in [3.8, 4) is 11.5 Å². The fraction of sp³-hybridized carbons (Fsp3) is 0.450. The molecule has 1 saturated heterocycles. The van der Waals surface area contributed by atoms with E-state index in [1.807, 2.05) is 0 Å². The number of oxazole rings is 1. The molecule has 26 heavy (non-hydrogen) atoms. The monoisotopic (exact) mass is 352 g/mol. The first-order valence-electron chi connectivity index (χ1n) is 9.23. The van der Waals surface area contributed by atoms with Crippen molar-refractivity contribution in [3.63, 3.8) is 0 Å². The maximum absolute atomic E-state index is 5.48. The highest BCUT2D eigenvalue weighted by molar-refractivity contribution is 5.45. The molecule has 1 fully saturated rings. The number of piperidine rings is 1. The zero-order chi connectivity index (χ0) is 17.9. The predicted octanol–water partition coefficient (Wildman–Crippen LogP) is 4.05. The average Bonchev–Trinajstić information content (AvgIpc) is 3.32. The molecule has 6 heteroatoms. The Morgan fingerprint density at radius 1 is 1.15 bits per heavy atom. The van der Waals surface area contributed by atoms with Gasteiger partial charge in [-0.1, -0.05) is 35.5 Å². The Labute approximate surface area is 153 Å². The lowest BCUT2D eigenvalue weighted by molar-refractivity contribution is 0.119. The van der Waals surface area contributed by atoms with Crippen LogP contribution < -0.4 is 0 Å². The molecule has 0 saturated carbocycles. The van der Waals surface area contributed by atoms with E-state index in [0.717, 1.165) is 19.0 Å². The maximum Gasteiger partial charge on any atom is 0.244 e. The molecule has 136 valence electrons. The zero-order valence-corrected chi connectivity index (χ0v) is 15.3. The van der Waals surface area contributed by atoms with Crippen LogP contribution in [0.15, 0.2) is 45.5 Å². The number of aryl methyl sites for hydroxylation is 1. The van der Waals surface area contributed by atoms with Crippen LogP contribution in [0.25, 0.3) is 11.5 Å². The minimum Gasteiger partial charge on any atom is -0.449 e. The van der Waals surface area contributed by atoms with Crippen molar-refractivity contribution in [2.45, 2.75) is 39.2 Å². The van der Waals surface area contributed by atoms with Gasteiger partial charge < -0.3 is 8.94 Å². The third kappa shape index (κ3) is 3.70. The molecule has 0 amide bonds. The van der Waals surface area contributed by atoms with Crippen LogP contribution in [-0.2, 0) is 6.42 Å². The SMILES string of the molecule is Cc1nc(-c2noc(C(C)N3CCC(Cc4ccccc4)CC3)n2)co1. The molecule has 2 aromatic heterocycles. The smallest absolute Gasteiger partial charge is 0.244 e. The maximum atomic E-state index is 5.48. The molecule has 1 atom stereocenters. The van der Waals surface area contributed by atoms with Crippen molar-refractivity contribution in [1.82, 2.24) is 20.0 Å². The van der Waals surface area contributed by atoms with Crippen molar-refractivity contribution in [3.05, 3.63) is 53.9 Å². The lowest BCUT2D eigenvalue weighted by Crippen LogP contribution is -2.36. The van der Waals surface area contributed by atoms with Gasteiger partial charge in [-0.05, 0) is 50.8 Å². The summed E-state index contributed by atoms with van der Waals surface area (Å²) in [6, 6.07) is 10.9. The highest BCUT2D eigenvalue weighted by Crippen LogP contribution is 2.28. The fourth-order valence-electron chi connectivity index (χ4n) is 3.62. The molecule has 1 aliphatic heterocycles. The Bertz CT molecular complexity index is 834. The lowest BCUT2D eigenvalue weighted by Gasteiger charge is -2.34. The van der Waals surface area contributed by atoms with Crippen LogP contribution >= 0.6 is 0 Å². The zero-order valence-electron chi connectivity index (χ0n) is 15.3. The molecule has 6 nitrogen and oxygen atoms in total. The van der Waals surface area contributed by atoms with E-state index in [9.17, 15) is 0 Å². The lowest BCUT2D eigenvalue weighted by atomic mass is 9.89. The van der Waals surface area contributed by atoms with E-state index in [-0.39, 0.29) is 6.04 Å². The summed E-state index contributed by atoms with van der Waals surface area (Å²) in [5, 5.41) is 4.05. The summed E-state index contributed by atoms with van der Waals surface area (Å²) in [6.45, 7) is 6.04. The van der Waals surface area contributed by atoms with E-state index < -0.39 is 0 Å². The number of benzene rings is 1. The Kier molecular flexibility index (Phi) is 4.84. The van der Waals surface area contributed by atoms with Crippen LogP contribution in [0.5, 0.6) is 0 Å². The van der Waals surface area contributed by atoms with Crippen LogP contribution in [0.4, 0.5) is 0 Å². The predicted molar refractivity (Wildman–Crippen MR) is 97.4 cm³/mol. The number of rotatable bonds is 5. The molecule has 0 spiro atoms. The van der Waals surface area contributed by atoms with Gasteiger partial charge in [-0.25, -0.2) is 4.98 Å². The number of aromatic nitrogens is 3. The molecule has 1 aliphatic rings. The summed E-state index contributed by atoms with van der Waals surface area (Å²) in [6.07, 6.45) is 5.12. The summed E-state index contributed by atoms with van der Waals surface area (Å²) in [4.78, 5) is 11.2. The molecular formula is C20H24N4O2. The number of likely N-dealkylation sites (tertiary alicyclic amines) is 1. The number of hydrogen-bond acceptors (Lipinski definition) is 6. The molecule has 0 bridgehead atoms. The Morgan fingerprint density at radius 2 is 1.92 bits per heavy atom. The van der Waals surface area contributed by atoms with Gasteiger partial charge in [0.05, 0.1) is 6.04 Å². The van der Waals surface area contributed by atoms with Crippen LogP contribution in [0, 0.1) is 12.8 Å². The summed E-state index contributed by atoms with van der Waals surface area (Å²) in [5.74, 6) is 2.47. The largest absolute Gasteiger partial charge is 0.449 e. The average molecular weight is 352 g/mol. The second-order valence-corrected chi connectivity index (χ2v) is 7.05. The topological polar surface area (TPSA) is 68.2 Å². The van der Waals surface area contributed by atoms with E-state index in [1.165, 1.54) is 24.8 Å². The van der Waals surface area contributed by atoms with Gasteiger partial charge >= 0.3 is 0 Å². The van der Waals surface area contributed by atoms with Crippen molar-refractivity contribution in [1.29, 1.82) is 0 Å². The van der Waals surface area contributed by atoms with Gasteiger partial charge in [0.25, 0.3) is 0 Å². The number of hydrogen-bond donors (Lipinski definition) is 0. The second-order valence-electron chi connectivity index (χ2n) is 7.05. The number of nitrogens with zero attached hydrogens (tertiary/aromatic N) is 4. The van der Waals surface area contributed by atoms with E-state index in [2.05, 4.69) is 57.3 Å². The van der Waals surface area contributed by atoms with Gasteiger partial charge in [-0.2, -0.15) is 4.98 Å². The van der Waals surface area contributed by atoms with Gasteiger partial charge in [0.1, 0.15) is 12.0 Å². The van der Waals surface area contributed by atoms with E-state index >= 15 is 0 Å². The Hall–Kier alpha value is -2.47. The van der Waals surface area contributed by atoms with Gasteiger partial charge in [-0.15, -0.1) is 0 Å². The van der Waals surface area contributed by atoms with Gasteiger partial charge in [0.2, 0.25) is 11.7 Å². The van der Waals surface area contributed by atoms with E-state index in [0.29, 0.717) is 23.3 Å². The second kappa shape index (κ2) is 7.41. The fourth-order valence-corrected chi connectivity index (χ4v) is 3.62. The molecule has 4 rings (SSSR count). The van der Waals surface area contributed by atoms with Crippen LogP contribution in [-0.4, -0.2) is 33.1 Å². The first-order chi connectivity index (χ1) is 12.7. The van der Waals surface area contributed by atoms with Crippen molar-refractivity contribution >= 4 is 0 Å². The molecule has 0 N–H and O–H groups in total.